The molecule has 0 aliphatic carbocycles. The van der Waals surface area contributed by atoms with Crippen molar-refractivity contribution < 1.29 is 46.3 Å². The summed E-state index contributed by atoms with van der Waals surface area (Å²) in [6, 6.07) is 13.4. The summed E-state index contributed by atoms with van der Waals surface area (Å²) in [5.74, 6) is -3.48. The van der Waals surface area contributed by atoms with Crippen LogP contribution in [0.3, 0.4) is 0 Å². The summed E-state index contributed by atoms with van der Waals surface area (Å²) in [6.45, 7) is 7.24. The molecule has 0 bridgehead atoms. The molecule has 3 saturated heterocycles. The molecule has 5 aliphatic rings. The van der Waals surface area contributed by atoms with Crippen LogP contribution < -0.4 is 26.0 Å². The third-order valence-corrected chi connectivity index (χ3v) is 14.3. The molecule has 1 unspecified atom stereocenters. The van der Waals surface area contributed by atoms with Crippen molar-refractivity contribution in [2.75, 3.05) is 37.4 Å². The molecule has 6 heterocycles. The van der Waals surface area contributed by atoms with Gasteiger partial charge in [0.15, 0.2) is 0 Å². The van der Waals surface area contributed by atoms with Gasteiger partial charge in [-0.25, -0.2) is 4.39 Å². The van der Waals surface area contributed by atoms with Crippen molar-refractivity contribution in [1.82, 2.24) is 25.4 Å². The van der Waals surface area contributed by atoms with Gasteiger partial charge in [-0.2, -0.15) is 13.2 Å². The van der Waals surface area contributed by atoms with Gasteiger partial charge in [0, 0.05) is 84.5 Å². The smallest absolute Gasteiger partial charge is 0.433 e. The summed E-state index contributed by atoms with van der Waals surface area (Å²) >= 11 is 6.37. The Morgan fingerprint density at radius 2 is 1.82 bits per heavy atom. The van der Waals surface area contributed by atoms with Gasteiger partial charge in [0.2, 0.25) is 17.7 Å². The van der Waals surface area contributed by atoms with E-state index in [1.165, 1.54) is 24.3 Å². The standard InChI is InChI=1S/C49H50ClF4N7O6/c1-47(2,3)20-38-48(24-56-34-19-37(49(52,53)54)55-21-31(34)48)40(30-8-5-9-32(50)41(30)51)42(58-38)44(64)57-33-13-11-26(18-36(33)67-4)45(65)60-16-6-7-27(22-60)25-10-12-29-28(17-25)23-61(46(29)66)35-14-15-39(62)59-43(35)63/h5,8-13,17-19,21,27,35,38,40,42,56,58H,6-7,14-16,20,22-24H2,1-4H3,(H,57,64)(H,59,62,63)/t27-,35?,38+,40+,42-,48+/m1/s1. The van der Waals surface area contributed by atoms with Crippen LogP contribution in [0.15, 0.2) is 66.9 Å². The highest BCUT2D eigenvalue weighted by molar-refractivity contribution is 6.30. The number of alkyl halides is 3. The summed E-state index contributed by atoms with van der Waals surface area (Å²) in [5.41, 5.74) is 0.958. The van der Waals surface area contributed by atoms with Crippen LogP contribution >= 0.6 is 11.6 Å². The Labute approximate surface area is 389 Å². The zero-order chi connectivity index (χ0) is 47.7. The lowest BCUT2D eigenvalue weighted by Crippen LogP contribution is -2.52. The van der Waals surface area contributed by atoms with E-state index in [9.17, 15) is 37.1 Å². The number of piperidine rings is 2. The normalized spacial score (nSPS) is 24.9. The first kappa shape index (κ1) is 46.1. The van der Waals surface area contributed by atoms with Gasteiger partial charge in [0.05, 0.1) is 23.9 Å². The average molecular weight is 944 g/mol. The number of carbonyl (C=O) groups is 5. The number of rotatable bonds is 8. The molecule has 6 atom stereocenters. The number of benzene rings is 3. The molecule has 4 N–H and O–H groups in total. The maximum atomic E-state index is 16.3. The van der Waals surface area contributed by atoms with Crippen LogP contribution in [-0.4, -0.2) is 89.2 Å². The molecule has 1 aromatic heterocycles. The van der Waals surface area contributed by atoms with E-state index in [-0.39, 0.29) is 82.7 Å². The molecule has 0 radical (unpaired) electrons. The average Bonchev–Trinajstić information content (AvgIpc) is 3.94. The highest BCUT2D eigenvalue weighted by Gasteiger charge is 2.62. The van der Waals surface area contributed by atoms with Crippen LogP contribution in [0.25, 0.3) is 0 Å². The van der Waals surface area contributed by atoms with Crippen LogP contribution in [0.1, 0.15) is 113 Å². The summed E-state index contributed by atoms with van der Waals surface area (Å²) in [6.07, 6.45) is -1.12. The summed E-state index contributed by atoms with van der Waals surface area (Å²) < 4.78 is 63.7. The number of fused-ring (bicyclic) bond motifs is 3. The third-order valence-electron chi connectivity index (χ3n) is 14.0. The number of nitrogens with zero attached hydrogens (tertiary/aromatic N) is 3. The van der Waals surface area contributed by atoms with E-state index in [0.717, 1.165) is 30.0 Å². The Morgan fingerprint density at radius 1 is 1.03 bits per heavy atom. The topological polar surface area (TPSA) is 162 Å². The molecular formula is C49H50ClF4N7O6. The van der Waals surface area contributed by atoms with Crippen molar-refractivity contribution in [3.05, 3.63) is 117 Å². The number of carbonyl (C=O) groups excluding carboxylic acids is 5. The quantitative estimate of drug-likeness (QED) is 0.103. The molecule has 3 fully saturated rings. The first-order valence-corrected chi connectivity index (χ1v) is 22.7. The van der Waals surface area contributed by atoms with Gasteiger partial charge in [0.1, 0.15) is 23.3 Å². The molecule has 5 aliphatic heterocycles. The van der Waals surface area contributed by atoms with Crippen LogP contribution in [-0.2, 0) is 32.5 Å². The van der Waals surface area contributed by atoms with Gasteiger partial charge in [-0.05, 0) is 84.2 Å². The Hall–Kier alpha value is -6.07. The monoisotopic (exact) mass is 943 g/mol. The minimum absolute atomic E-state index is 0.0331. The second-order valence-corrected chi connectivity index (χ2v) is 19.8. The fourth-order valence-electron chi connectivity index (χ4n) is 10.9. The highest BCUT2D eigenvalue weighted by atomic mass is 35.5. The molecule has 4 aromatic rings. The minimum Gasteiger partial charge on any atom is -0.495 e. The second-order valence-electron chi connectivity index (χ2n) is 19.4. The van der Waals surface area contributed by atoms with E-state index in [1.807, 2.05) is 32.9 Å². The number of aromatic nitrogens is 1. The van der Waals surface area contributed by atoms with Crippen LogP contribution in [0, 0.1) is 11.2 Å². The van der Waals surface area contributed by atoms with E-state index in [0.29, 0.717) is 36.2 Å². The Balaban J connectivity index is 0.961. The number of methoxy groups -OCH3 is 1. The number of pyridine rings is 1. The predicted octanol–water partition coefficient (Wildman–Crippen LogP) is 7.54. The predicted molar refractivity (Wildman–Crippen MR) is 240 cm³/mol. The first-order valence-electron chi connectivity index (χ1n) is 22.3. The maximum absolute atomic E-state index is 16.3. The SMILES string of the molecule is COc1cc(C(=O)N2CCC[C@@H](c3ccc4c(c3)CN(C3CCC(=O)NC3=O)C4=O)C2)ccc1NC(=O)[C@@H]1N[C@@H](CC(C)(C)C)[C@@]2(CNc3cc(C(F)(F)F)ncc32)[C@H]1c1cccc(Cl)c1F. The van der Waals surface area contributed by atoms with Crippen molar-refractivity contribution in [3.63, 3.8) is 0 Å². The molecule has 5 amide bonds. The van der Waals surface area contributed by atoms with Gasteiger partial charge < -0.3 is 30.5 Å². The second kappa shape index (κ2) is 17.2. The van der Waals surface area contributed by atoms with Crippen molar-refractivity contribution >= 4 is 52.5 Å². The fraction of sp³-hybridized carbons (Fsp3) is 0.429. The lowest BCUT2D eigenvalue weighted by Gasteiger charge is -2.39. The third kappa shape index (κ3) is 8.38. The van der Waals surface area contributed by atoms with E-state index >= 15 is 4.39 Å². The van der Waals surface area contributed by atoms with E-state index in [4.69, 9.17) is 16.3 Å². The van der Waals surface area contributed by atoms with Gasteiger partial charge in [-0.1, -0.05) is 56.6 Å². The number of hydrogen-bond acceptors (Lipinski definition) is 9. The van der Waals surface area contributed by atoms with E-state index in [2.05, 4.69) is 26.3 Å². The number of ether oxygens (including phenoxy) is 1. The molecule has 9 rings (SSSR count). The van der Waals surface area contributed by atoms with Gasteiger partial charge in [0.25, 0.3) is 11.8 Å². The first-order chi connectivity index (χ1) is 31.8. The summed E-state index contributed by atoms with van der Waals surface area (Å²) in [4.78, 5) is 73.6. The summed E-state index contributed by atoms with van der Waals surface area (Å²) in [7, 11) is 1.41. The largest absolute Gasteiger partial charge is 0.495 e. The summed E-state index contributed by atoms with van der Waals surface area (Å²) in [5, 5.41) is 11.7. The minimum atomic E-state index is -4.71. The maximum Gasteiger partial charge on any atom is 0.433 e. The number of hydrogen-bond donors (Lipinski definition) is 4. The molecular weight excluding hydrogens is 894 g/mol. The number of amides is 5. The van der Waals surface area contributed by atoms with Gasteiger partial charge >= 0.3 is 6.18 Å². The van der Waals surface area contributed by atoms with Crippen molar-refractivity contribution in [3.8, 4) is 5.75 Å². The molecule has 67 heavy (non-hydrogen) atoms. The zero-order valence-electron chi connectivity index (χ0n) is 37.3. The number of nitrogens with one attached hydrogen (secondary N) is 4. The Kier molecular flexibility index (Phi) is 11.8. The zero-order valence-corrected chi connectivity index (χ0v) is 38.0. The number of halogens is 5. The lowest BCUT2D eigenvalue weighted by atomic mass is 9.63. The molecule has 352 valence electrons. The number of anilines is 2. The Bertz CT molecular complexity index is 2710. The molecule has 0 saturated carbocycles. The van der Waals surface area contributed by atoms with Crippen LogP contribution in [0.5, 0.6) is 5.75 Å². The lowest BCUT2D eigenvalue weighted by molar-refractivity contribution is -0.141. The highest BCUT2D eigenvalue weighted by Crippen LogP contribution is 2.57. The molecule has 1 spiro atoms. The number of imide groups is 1. The number of likely N-dealkylation sites (tertiary alicyclic amines) is 1. The van der Waals surface area contributed by atoms with Crippen molar-refractivity contribution in [1.29, 1.82) is 0 Å². The van der Waals surface area contributed by atoms with Crippen molar-refractivity contribution in [2.24, 2.45) is 5.41 Å². The fourth-order valence-corrected chi connectivity index (χ4v) is 11.1. The Morgan fingerprint density at radius 3 is 2.55 bits per heavy atom. The van der Waals surface area contributed by atoms with E-state index in [1.54, 1.807) is 41.3 Å². The molecule has 13 nitrogen and oxygen atoms in total. The van der Waals surface area contributed by atoms with E-state index < -0.39 is 59.0 Å². The van der Waals surface area contributed by atoms with Gasteiger partial charge in [-0.15, -0.1) is 0 Å². The molecule has 18 heteroatoms. The van der Waals surface area contributed by atoms with Gasteiger partial charge in [-0.3, -0.25) is 34.3 Å². The molecule has 3 aromatic carbocycles. The van der Waals surface area contributed by atoms with Crippen LogP contribution in [0.2, 0.25) is 5.02 Å². The van der Waals surface area contributed by atoms with Crippen molar-refractivity contribution in [2.45, 2.75) is 101 Å². The van der Waals surface area contributed by atoms with Crippen LogP contribution in [0.4, 0.5) is 28.9 Å².